The van der Waals surface area contributed by atoms with Crippen molar-refractivity contribution in [3.63, 3.8) is 0 Å². The third-order valence-corrected chi connectivity index (χ3v) is 4.04. The molecule has 0 amide bonds. The van der Waals surface area contributed by atoms with Crippen LogP contribution in [0.15, 0.2) is 0 Å². The zero-order chi connectivity index (χ0) is 10.7. The van der Waals surface area contributed by atoms with Gasteiger partial charge in [0.15, 0.2) is 0 Å². The van der Waals surface area contributed by atoms with Crippen LogP contribution in [0.5, 0.6) is 0 Å². The van der Waals surface area contributed by atoms with Gasteiger partial charge in [-0.1, -0.05) is 0 Å². The Kier molecular flexibility index (Phi) is 4.00. The predicted molar refractivity (Wildman–Crippen MR) is 64.2 cm³/mol. The topological polar surface area (TPSA) is 18.5 Å². The van der Waals surface area contributed by atoms with Crippen LogP contribution in [0.3, 0.4) is 0 Å². The standard InChI is InChI=1S/C12H25N3/c1-11(13-2)5-7-14-8-9-15-6-3-4-12(15)10-14/h11-13H,3-10H2,1-2H3. The van der Waals surface area contributed by atoms with E-state index in [0.717, 1.165) is 6.04 Å². The Hall–Kier alpha value is -0.120. The van der Waals surface area contributed by atoms with Crippen molar-refractivity contribution in [1.82, 2.24) is 15.1 Å². The molecule has 0 radical (unpaired) electrons. The Morgan fingerprint density at radius 3 is 3.00 bits per heavy atom. The molecule has 2 saturated heterocycles. The summed E-state index contributed by atoms with van der Waals surface area (Å²) < 4.78 is 0. The lowest BCUT2D eigenvalue weighted by atomic mass is 10.1. The van der Waals surface area contributed by atoms with Crippen LogP contribution < -0.4 is 5.32 Å². The number of rotatable bonds is 4. The van der Waals surface area contributed by atoms with E-state index < -0.39 is 0 Å². The molecule has 2 aliphatic rings. The van der Waals surface area contributed by atoms with Crippen LogP contribution in [-0.2, 0) is 0 Å². The molecule has 0 bridgehead atoms. The first-order valence-electron chi connectivity index (χ1n) is 6.43. The summed E-state index contributed by atoms with van der Waals surface area (Å²) in [4.78, 5) is 5.33. The Balaban J connectivity index is 1.71. The summed E-state index contributed by atoms with van der Waals surface area (Å²) in [6.45, 7) is 8.80. The molecule has 0 aromatic rings. The predicted octanol–water partition coefficient (Wildman–Crippen LogP) is 0.764. The number of piperazine rings is 1. The van der Waals surface area contributed by atoms with Crippen LogP contribution in [0.1, 0.15) is 26.2 Å². The fourth-order valence-electron chi connectivity index (χ4n) is 2.78. The van der Waals surface area contributed by atoms with E-state index in [1.54, 1.807) is 0 Å². The average Bonchev–Trinajstić information content (AvgIpc) is 2.72. The highest BCUT2D eigenvalue weighted by molar-refractivity contribution is 4.86. The van der Waals surface area contributed by atoms with Crippen molar-refractivity contribution in [3.05, 3.63) is 0 Å². The molecule has 1 N–H and O–H groups in total. The second kappa shape index (κ2) is 5.28. The number of hydrogen-bond donors (Lipinski definition) is 1. The normalized spacial score (nSPS) is 30.4. The third-order valence-electron chi connectivity index (χ3n) is 4.04. The number of fused-ring (bicyclic) bond motifs is 1. The van der Waals surface area contributed by atoms with E-state index in [0.29, 0.717) is 6.04 Å². The van der Waals surface area contributed by atoms with Gasteiger partial charge in [-0.2, -0.15) is 0 Å². The molecule has 0 aromatic heterocycles. The molecule has 0 saturated carbocycles. The Bertz CT molecular complexity index is 195. The summed E-state index contributed by atoms with van der Waals surface area (Å²) in [6.07, 6.45) is 4.13. The SMILES string of the molecule is CNC(C)CCN1CCN2CCCC2C1. The molecule has 2 atom stereocenters. The first-order valence-corrected chi connectivity index (χ1v) is 6.43. The van der Waals surface area contributed by atoms with Gasteiger partial charge in [0.2, 0.25) is 0 Å². The highest BCUT2D eigenvalue weighted by Crippen LogP contribution is 2.21. The fraction of sp³-hybridized carbons (Fsp3) is 1.00. The largest absolute Gasteiger partial charge is 0.317 e. The summed E-state index contributed by atoms with van der Waals surface area (Å²) in [5, 5.41) is 3.31. The molecule has 2 heterocycles. The van der Waals surface area contributed by atoms with Gasteiger partial charge in [0.25, 0.3) is 0 Å². The molecule has 88 valence electrons. The lowest BCUT2D eigenvalue weighted by Gasteiger charge is -2.37. The van der Waals surface area contributed by atoms with Gasteiger partial charge >= 0.3 is 0 Å². The molecular formula is C12H25N3. The molecular weight excluding hydrogens is 186 g/mol. The fourth-order valence-corrected chi connectivity index (χ4v) is 2.78. The van der Waals surface area contributed by atoms with Crippen LogP contribution in [-0.4, -0.2) is 61.7 Å². The smallest absolute Gasteiger partial charge is 0.0224 e. The Labute approximate surface area is 93.8 Å². The van der Waals surface area contributed by atoms with Crippen molar-refractivity contribution in [3.8, 4) is 0 Å². The van der Waals surface area contributed by atoms with E-state index in [1.807, 2.05) is 0 Å². The maximum absolute atomic E-state index is 3.31. The van der Waals surface area contributed by atoms with E-state index in [2.05, 4.69) is 29.1 Å². The molecule has 2 rings (SSSR count). The quantitative estimate of drug-likeness (QED) is 0.741. The third kappa shape index (κ3) is 2.92. The maximum atomic E-state index is 3.31. The van der Waals surface area contributed by atoms with Crippen molar-refractivity contribution in [2.75, 3.05) is 39.8 Å². The number of nitrogens with zero attached hydrogens (tertiary/aromatic N) is 2. The summed E-state index contributed by atoms with van der Waals surface area (Å²) >= 11 is 0. The molecule has 3 nitrogen and oxygen atoms in total. The minimum Gasteiger partial charge on any atom is -0.317 e. The van der Waals surface area contributed by atoms with Crippen molar-refractivity contribution in [2.24, 2.45) is 0 Å². The highest BCUT2D eigenvalue weighted by Gasteiger charge is 2.30. The molecule has 2 unspecified atom stereocenters. The maximum Gasteiger partial charge on any atom is 0.0224 e. The summed E-state index contributed by atoms with van der Waals surface area (Å²) in [7, 11) is 2.06. The second-order valence-corrected chi connectivity index (χ2v) is 5.11. The van der Waals surface area contributed by atoms with E-state index in [9.17, 15) is 0 Å². The summed E-state index contributed by atoms with van der Waals surface area (Å²) in [5.74, 6) is 0. The zero-order valence-corrected chi connectivity index (χ0v) is 10.2. The van der Waals surface area contributed by atoms with Crippen LogP contribution >= 0.6 is 0 Å². The molecule has 2 aliphatic heterocycles. The van der Waals surface area contributed by atoms with Crippen LogP contribution in [0.4, 0.5) is 0 Å². The monoisotopic (exact) mass is 211 g/mol. The Morgan fingerprint density at radius 1 is 1.33 bits per heavy atom. The van der Waals surface area contributed by atoms with Crippen molar-refractivity contribution in [1.29, 1.82) is 0 Å². The first-order chi connectivity index (χ1) is 7.29. The van der Waals surface area contributed by atoms with E-state index in [-0.39, 0.29) is 0 Å². The molecule has 2 fully saturated rings. The van der Waals surface area contributed by atoms with Gasteiger partial charge in [-0.15, -0.1) is 0 Å². The van der Waals surface area contributed by atoms with E-state index >= 15 is 0 Å². The number of nitrogens with one attached hydrogen (secondary N) is 1. The average molecular weight is 211 g/mol. The van der Waals surface area contributed by atoms with Gasteiger partial charge in [-0.25, -0.2) is 0 Å². The van der Waals surface area contributed by atoms with Crippen molar-refractivity contribution in [2.45, 2.75) is 38.3 Å². The van der Waals surface area contributed by atoms with Crippen molar-refractivity contribution < 1.29 is 0 Å². The summed E-state index contributed by atoms with van der Waals surface area (Å²) in [6, 6.07) is 1.54. The minimum absolute atomic E-state index is 0.659. The summed E-state index contributed by atoms with van der Waals surface area (Å²) in [5.41, 5.74) is 0. The molecule has 0 aliphatic carbocycles. The van der Waals surface area contributed by atoms with Gasteiger partial charge in [-0.05, 0) is 46.3 Å². The lowest BCUT2D eigenvalue weighted by molar-refractivity contribution is 0.102. The van der Waals surface area contributed by atoms with Crippen LogP contribution in [0.25, 0.3) is 0 Å². The highest BCUT2D eigenvalue weighted by atomic mass is 15.3. The van der Waals surface area contributed by atoms with Crippen LogP contribution in [0.2, 0.25) is 0 Å². The van der Waals surface area contributed by atoms with Gasteiger partial charge in [0.1, 0.15) is 0 Å². The number of hydrogen-bond acceptors (Lipinski definition) is 3. The van der Waals surface area contributed by atoms with Gasteiger partial charge in [0.05, 0.1) is 0 Å². The van der Waals surface area contributed by atoms with E-state index in [4.69, 9.17) is 0 Å². The molecule has 0 spiro atoms. The lowest BCUT2D eigenvalue weighted by Crippen LogP contribution is -2.50. The zero-order valence-electron chi connectivity index (χ0n) is 10.2. The second-order valence-electron chi connectivity index (χ2n) is 5.11. The Morgan fingerprint density at radius 2 is 2.20 bits per heavy atom. The van der Waals surface area contributed by atoms with Crippen molar-refractivity contribution >= 4 is 0 Å². The van der Waals surface area contributed by atoms with Gasteiger partial charge < -0.3 is 10.2 Å². The molecule has 3 heteroatoms. The van der Waals surface area contributed by atoms with Gasteiger partial charge in [0, 0.05) is 31.7 Å². The molecule has 15 heavy (non-hydrogen) atoms. The van der Waals surface area contributed by atoms with Gasteiger partial charge in [-0.3, -0.25) is 4.90 Å². The molecule has 0 aromatic carbocycles. The first kappa shape index (κ1) is 11.4. The van der Waals surface area contributed by atoms with E-state index in [1.165, 1.54) is 52.0 Å². The van der Waals surface area contributed by atoms with Crippen LogP contribution in [0, 0.1) is 0 Å². The minimum atomic E-state index is 0.659.